The Kier molecular flexibility index (Phi) is 6.92. The quantitative estimate of drug-likeness (QED) is 0.521. The topological polar surface area (TPSA) is 24.1 Å². The van der Waals surface area contributed by atoms with Crippen LogP contribution >= 0.6 is 11.9 Å². The fraction of sp³-hybridized carbons (Fsp3) is 0.500. The second-order valence-corrected chi connectivity index (χ2v) is 9.15. The standard InChI is InChI=1S/C24H31FN2S/c25-23-15-19(8-4-7-18-5-2-1-3-6-18)9-12-24(23)27-28-22-11-10-21-17-26-14-13-20(21)16-22/h9-12,15-16,18,26-27H,1-8,13-14,17H2. The van der Waals surface area contributed by atoms with Crippen LogP contribution < -0.4 is 10.0 Å². The first-order chi connectivity index (χ1) is 13.8. The number of hydrogen-bond acceptors (Lipinski definition) is 3. The molecule has 0 saturated heterocycles. The maximum Gasteiger partial charge on any atom is 0.147 e. The van der Waals surface area contributed by atoms with Gasteiger partial charge in [-0.25, -0.2) is 4.39 Å². The van der Waals surface area contributed by atoms with Crippen molar-refractivity contribution in [2.45, 2.75) is 69.2 Å². The van der Waals surface area contributed by atoms with Gasteiger partial charge in [-0.1, -0.05) is 50.7 Å². The molecule has 4 rings (SSSR count). The predicted molar refractivity (Wildman–Crippen MR) is 117 cm³/mol. The number of nitrogens with one attached hydrogen (secondary N) is 2. The van der Waals surface area contributed by atoms with E-state index in [-0.39, 0.29) is 5.82 Å². The lowest BCUT2D eigenvalue weighted by Gasteiger charge is -2.21. The Morgan fingerprint density at radius 1 is 1.04 bits per heavy atom. The lowest BCUT2D eigenvalue weighted by molar-refractivity contribution is 0.332. The molecule has 2 nitrogen and oxygen atoms in total. The summed E-state index contributed by atoms with van der Waals surface area (Å²) in [5, 5.41) is 3.39. The van der Waals surface area contributed by atoms with Crippen LogP contribution in [0.4, 0.5) is 10.1 Å². The fourth-order valence-electron chi connectivity index (χ4n) is 4.50. The smallest absolute Gasteiger partial charge is 0.147 e. The van der Waals surface area contributed by atoms with Gasteiger partial charge in [0.05, 0.1) is 5.69 Å². The van der Waals surface area contributed by atoms with Gasteiger partial charge in [-0.05, 0) is 84.6 Å². The molecule has 0 aromatic heterocycles. The van der Waals surface area contributed by atoms with Gasteiger partial charge in [0.15, 0.2) is 0 Å². The van der Waals surface area contributed by atoms with Gasteiger partial charge in [0.1, 0.15) is 5.82 Å². The summed E-state index contributed by atoms with van der Waals surface area (Å²) in [4.78, 5) is 1.14. The molecule has 0 amide bonds. The van der Waals surface area contributed by atoms with Crippen molar-refractivity contribution in [2.75, 3.05) is 11.3 Å². The summed E-state index contributed by atoms with van der Waals surface area (Å²) >= 11 is 1.49. The van der Waals surface area contributed by atoms with Crippen molar-refractivity contribution < 1.29 is 4.39 Å². The normalized spacial score (nSPS) is 17.3. The van der Waals surface area contributed by atoms with Crippen LogP contribution in [0.2, 0.25) is 0 Å². The van der Waals surface area contributed by atoms with Crippen LogP contribution in [-0.4, -0.2) is 6.54 Å². The van der Waals surface area contributed by atoms with Crippen LogP contribution in [0.5, 0.6) is 0 Å². The average Bonchev–Trinajstić information content (AvgIpc) is 2.74. The summed E-state index contributed by atoms with van der Waals surface area (Å²) in [6.07, 6.45) is 11.5. The summed E-state index contributed by atoms with van der Waals surface area (Å²) in [7, 11) is 0. The molecule has 1 heterocycles. The summed E-state index contributed by atoms with van der Waals surface area (Å²) in [5.74, 6) is 0.758. The molecule has 1 aliphatic carbocycles. The Morgan fingerprint density at radius 3 is 2.79 bits per heavy atom. The summed E-state index contributed by atoms with van der Waals surface area (Å²) in [6.45, 7) is 1.98. The van der Waals surface area contributed by atoms with Gasteiger partial charge in [0.25, 0.3) is 0 Å². The Morgan fingerprint density at radius 2 is 1.93 bits per heavy atom. The number of benzene rings is 2. The van der Waals surface area contributed by atoms with E-state index >= 15 is 0 Å². The minimum atomic E-state index is -0.148. The molecule has 1 saturated carbocycles. The Hall–Kier alpha value is -1.52. The van der Waals surface area contributed by atoms with Crippen molar-refractivity contribution in [1.82, 2.24) is 5.32 Å². The molecule has 2 aliphatic rings. The van der Waals surface area contributed by atoms with Crippen molar-refractivity contribution in [3.05, 3.63) is 58.9 Å². The van der Waals surface area contributed by atoms with Crippen molar-refractivity contribution in [1.29, 1.82) is 0 Å². The molecule has 0 atom stereocenters. The van der Waals surface area contributed by atoms with Crippen molar-refractivity contribution >= 4 is 17.6 Å². The summed E-state index contributed by atoms with van der Waals surface area (Å²) in [6, 6.07) is 12.2. The van der Waals surface area contributed by atoms with E-state index in [0.29, 0.717) is 5.69 Å². The van der Waals surface area contributed by atoms with Crippen LogP contribution in [0, 0.1) is 11.7 Å². The van der Waals surface area contributed by atoms with Gasteiger partial charge in [0.2, 0.25) is 0 Å². The van der Waals surface area contributed by atoms with Crippen LogP contribution in [0.15, 0.2) is 41.3 Å². The zero-order chi connectivity index (χ0) is 19.2. The molecule has 2 aromatic rings. The van der Waals surface area contributed by atoms with E-state index in [9.17, 15) is 4.39 Å². The van der Waals surface area contributed by atoms with Crippen molar-refractivity contribution in [3.8, 4) is 0 Å². The molecule has 0 radical (unpaired) electrons. The SMILES string of the molecule is Fc1cc(CCCC2CCCCC2)ccc1NSc1ccc2c(c1)CCNC2. The molecule has 0 bridgehead atoms. The molecule has 150 valence electrons. The highest BCUT2D eigenvalue weighted by atomic mass is 32.2. The highest BCUT2D eigenvalue weighted by Crippen LogP contribution is 2.29. The van der Waals surface area contributed by atoms with Gasteiger partial charge < -0.3 is 10.0 Å². The monoisotopic (exact) mass is 398 g/mol. The lowest BCUT2D eigenvalue weighted by Crippen LogP contribution is -2.23. The molecule has 2 aromatic carbocycles. The number of anilines is 1. The molecule has 0 unspecified atom stereocenters. The maximum atomic E-state index is 14.5. The van der Waals surface area contributed by atoms with Gasteiger partial charge in [0, 0.05) is 11.4 Å². The van der Waals surface area contributed by atoms with Gasteiger partial charge >= 0.3 is 0 Å². The number of halogens is 1. The maximum absolute atomic E-state index is 14.5. The van der Waals surface area contributed by atoms with Crippen LogP contribution in [0.3, 0.4) is 0 Å². The van der Waals surface area contributed by atoms with Crippen molar-refractivity contribution in [3.63, 3.8) is 0 Å². The van der Waals surface area contributed by atoms with Gasteiger partial charge in [-0.2, -0.15) is 0 Å². The number of hydrogen-bond donors (Lipinski definition) is 2. The first kappa shape index (κ1) is 19.8. The zero-order valence-electron chi connectivity index (χ0n) is 16.6. The van der Waals surface area contributed by atoms with Gasteiger partial charge in [-0.15, -0.1) is 0 Å². The van der Waals surface area contributed by atoms with Crippen molar-refractivity contribution in [2.24, 2.45) is 5.92 Å². The van der Waals surface area contributed by atoms with Crippen LogP contribution in [-0.2, 0) is 19.4 Å². The number of aryl methyl sites for hydroxylation is 1. The zero-order valence-corrected chi connectivity index (χ0v) is 17.4. The van der Waals surface area contributed by atoms with E-state index in [0.717, 1.165) is 42.3 Å². The molecule has 4 heteroatoms. The molecule has 28 heavy (non-hydrogen) atoms. The minimum absolute atomic E-state index is 0.148. The molecule has 0 spiro atoms. The highest BCUT2D eigenvalue weighted by molar-refractivity contribution is 8.00. The van der Waals surface area contributed by atoms with E-state index in [1.165, 1.54) is 68.0 Å². The Bertz CT molecular complexity index is 786. The third-order valence-electron chi connectivity index (χ3n) is 6.18. The van der Waals surface area contributed by atoms with Crippen LogP contribution in [0.1, 0.15) is 61.6 Å². The fourth-order valence-corrected chi connectivity index (χ4v) is 5.23. The third-order valence-corrected chi connectivity index (χ3v) is 6.99. The highest BCUT2D eigenvalue weighted by Gasteiger charge is 2.13. The molecule has 1 fully saturated rings. The van der Waals surface area contributed by atoms with Gasteiger partial charge in [-0.3, -0.25) is 0 Å². The number of fused-ring (bicyclic) bond motifs is 1. The average molecular weight is 399 g/mol. The predicted octanol–water partition coefficient (Wildman–Crippen LogP) is 6.49. The van der Waals surface area contributed by atoms with Crippen LogP contribution in [0.25, 0.3) is 0 Å². The summed E-state index contributed by atoms with van der Waals surface area (Å²) < 4.78 is 17.7. The Balaban J connectivity index is 1.28. The summed E-state index contributed by atoms with van der Waals surface area (Å²) in [5.41, 5.74) is 4.46. The molecule has 2 N–H and O–H groups in total. The first-order valence-electron chi connectivity index (χ1n) is 10.8. The molecule has 1 aliphatic heterocycles. The minimum Gasteiger partial charge on any atom is -0.323 e. The molecular weight excluding hydrogens is 367 g/mol. The second-order valence-electron chi connectivity index (χ2n) is 8.27. The van der Waals surface area contributed by atoms with E-state index < -0.39 is 0 Å². The number of rotatable bonds is 7. The van der Waals surface area contributed by atoms with E-state index in [1.54, 1.807) is 6.07 Å². The lowest BCUT2D eigenvalue weighted by atomic mass is 9.85. The third kappa shape index (κ3) is 5.30. The first-order valence-corrected chi connectivity index (χ1v) is 11.6. The van der Waals surface area contributed by atoms with E-state index in [4.69, 9.17) is 0 Å². The largest absolute Gasteiger partial charge is 0.323 e. The second kappa shape index (κ2) is 9.80. The van der Waals surface area contributed by atoms with E-state index in [2.05, 4.69) is 34.3 Å². The van der Waals surface area contributed by atoms with E-state index in [1.807, 2.05) is 6.07 Å². The Labute approximate surface area is 172 Å². The molecular formula is C24H31FN2S.